The molecule has 0 radical (unpaired) electrons. The predicted molar refractivity (Wildman–Crippen MR) is 123 cm³/mol. The van der Waals surface area contributed by atoms with Gasteiger partial charge in [0.05, 0.1) is 0 Å². The van der Waals surface area contributed by atoms with E-state index in [0.29, 0.717) is 19.5 Å². The minimum Gasteiger partial charge on any atom is -0.358 e. The van der Waals surface area contributed by atoms with Crippen LogP contribution in [0.2, 0.25) is 0 Å². The van der Waals surface area contributed by atoms with Crippen molar-refractivity contribution in [3.63, 3.8) is 0 Å². The molecular weight excluding hydrogens is 374 g/mol. The highest BCUT2D eigenvalue weighted by Crippen LogP contribution is 2.23. The van der Waals surface area contributed by atoms with Gasteiger partial charge < -0.3 is 15.1 Å². The van der Waals surface area contributed by atoms with Crippen LogP contribution in [0.1, 0.15) is 114 Å². The fraction of sp³-hybridized carbons (Fsp3) is 0.731. The summed E-state index contributed by atoms with van der Waals surface area (Å²) in [6.45, 7) is 3.17. The monoisotopic (exact) mass is 417 g/mol. The average Bonchev–Trinajstić information content (AvgIpc) is 2.73. The molecule has 0 saturated carbocycles. The summed E-state index contributed by atoms with van der Waals surface area (Å²) < 4.78 is 0. The number of benzene rings is 1. The van der Waals surface area contributed by atoms with Crippen LogP contribution in [0.25, 0.3) is 0 Å². The summed E-state index contributed by atoms with van der Waals surface area (Å²) in [5, 5.41) is 20.6. The lowest BCUT2D eigenvalue weighted by molar-refractivity contribution is -0.200. The molecule has 1 aromatic carbocycles. The largest absolute Gasteiger partial charge is 0.358 e. The first-order chi connectivity index (χ1) is 14.5. The molecule has 4 heteroatoms. The fourth-order valence-electron chi connectivity index (χ4n) is 4.39. The third-order valence-electron chi connectivity index (χ3n) is 6.25. The molecule has 1 aliphatic heterocycles. The second kappa shape index (κ2) is 13.8. The molecule has 4 nitrogen and oxygen atoms in total. The molecule has 0 saturated heterocycles. The first-order valence-electron chi connectivity index (χ1n) is 12.3. The number of hydrogen-bond acceptors (Lipinski definition) is 3. The first-order valence-corrected chi connectivity index (χ1v) is 12.3. The Morgan fingerprint density at radius 2 is 1.23 bits per heavy atom. The molecule has 170 valence electrons. The molecule has 0 aliphatic carbocycles. The number of carbonyl (C=O) groups is 1. The van der Waals surface area contributed by atoms with Gasteiger partial charge >= 0.3 is 0 Å². The lowest BCUT2D eigenvalue weighted by atomic mass is 10.0. The maximum absolute atomic E-state index is 12.6. The Hall–Kier alpha value is -1.39. The number of amides is 1. The molecule has 0 aromatic heterocycles. The van der Waals surface area contributed by atoms with E-state index in [1.807, 2.05) is 18.2 Å². The number of unbranched alkanes of at least 4 members (excludes halogenated alkanes) is 13. The van der Waals surface area contributed by atoms with Crippen molar-refractivity contribution < 1.29 is 15.0 Å². The Bertz CT molecular complexity index is 593. The Balaban J connectivity index is 1.46. The van der Waals surface area contributed by atoms with Crippen molar-refractivity contribution >= 4 is 5.91 Å². The Kier molecular flexibility index (Phi) is 11.5. The van der Waals surface area contributed by atoms with Crippen molar-refractivity contribution in [2.75, 3.05) is 0 Å². The summed E-state index contributed by atoms with van der Waals surface area (Å²) >= 11 is 0. The van der Waals surface area contributed by atoms with E-state index in [0.717, 1.165) is 24.0 Å². The molecule has 0 unspecified atom stereocenters. The molecule has 1 aromatic rings. The normalized spacial score (nSPS) is 13.6. The topological polar surface area (TPSA) is 60.8 Å². The zero-order chi connectivity index (χ0) is 21.7. The van der Waals surface area contributed by atoms with Gasteiger partial charge in [-0.25, -0.2) is 0 Å². The Morgan fingerprint density at radius 1 is 0.800 bits per heavy atom. The molecule has 0 spiro atoms. The molecule has 2 bridgehead atoms. The molecular formula is C26H43NO3. The first kappa shape index (κ1) is 24.9. The van der Waals surface area contributed by atoms with Gasteiger partial charge in [-0.2, -0.15) is 0 Å². The molecule has 1 heterocycles. The smallest absolute Gasteiger partial charge is 0.283 e. The fourth-order valence-corrected chi connectivity index (χ4v) is 4.39. The molecule has 0 atom stereocenters. The summed E-state index contributed by atoms with van der Waals surface area (Å²) in [4.78, 5) is 14.1. The number of nitrogens with zero attached hydrogens (tertiary/aromatic N) is 1. The highest BCUT2D eigenvalue weighted by atomic mass is 16.5. The molecule has 1 aliphatic rings. The zero-order valence-electron chi connectivity index (χ0n) is 19.1. The SMILES string of the molecule is CCCCCCCCCCCCCCCCC(O)(O)C(=O)N1Cc2cccc(c2)C1. The quantitative estimate of drug-likeness (QED) is 0.253. The number of aliphatic hydroxyl groups is 2. The number of fused-ring (bicyclic) bond motifs is 2. The highest BCUT2D eigenvalue weighted by molar-refractivity contribution is 5.83. The van der Waals surface area contributed by atoms with Crippen molar-refractivity contribution in [3.8, 4) is 0 Å². The lowest BCUT2D eigenvalue weighted by Crippen LogP contribution is -2.49. The van der Waals surface area contributed by atoms with Gasteiger partial charge in [0.1, 0.15) is 0 Å². The summed E-state index contributed by atoms with van der Waals surface area (Å²) in [5.74, 6) is -2.81. The van der Waals surface area contributed by atoms with E-state index in [1.54, 1.807) is 4.90 Å². The van der Waals surface area contributed by atoms with Gasteiger partial charge in [0.25, 0.3) is 5.91 Å². The van der Waals surface area contributed by atoms with Crippen LogP contribution in [0.5, 0.6) is 0 Å². The van der Waals surface area contributed by atoms with Gasteiger partial charge in [-0.05, 0) is 17.5 Å². The number of hydrogen-bond donors (Lipinski definition) is 2. The van der Waals surface area contributed by atoms with E-state index >= 15 is 0 Å². The van der Waals surface area contributed by atoms with Crippen LogP contribution in [0, 0.1) is 0 Å². The van der Waals surface area contributed by atoms with Gasteiger partial charge in [0.2, 0.25) is 5.79 Å². The summed E-state index contributed by atoms with van der Waals surface area (Å²) in [5.41, 5.74) is 2.08. The van der Waals surface area contributed by atoms with Crippen molar-refractivity contribution in [1.29, 1.82) is 0 Å². The maximum Gasteiger partial charge on any atom is 0.283 e. The van der Waals surface area contributed by atoms with E-state index in [9.17, 15) is 15.0 Å². The van der Waals surface area contributed by atoms with Crippen molar-refractivity contribution in [2.24, 2.45) is 0 Å². The van der Waals surface area contributed by atoms with E-state index in [-0.39, 0.29) is 6.42 Å². The second-order valence-corrected chi connectivity index (χ2v) is 9.14. The van der Waals surface area contributed by atoms with E-state index < -0.39 is 11.7 Å². The molecule has 1 amide bonds. The van der Waals surface area contributed by atoms with Gasteiger partial charge in [-0.3, -0.25) is 4.79 Å². The third-order valence-corrected chi connectivity index (χ3v) is 6.25. The third kappa shape index (κ3) is 9.18. The molecule has 2 rings (SSSR count). The maximum atomic E-state index is 12.6. The lowest BCUT2D eigenvalue weighted by Gasteiger charge is -2.32. The van der Waals surface area contributed by atoms with Crippen LogP contribution in [0.3, 0.4) is 0 Å². The standard InChI is InChI=1S/C26H43NO3/c1-2-3-4-5-6-7-8-9-10-11-12-13-14-15-19-26(29,30)25(28)27-21-23-17-16-18-24(20-23)22-27/h16-18,20,29-30H,2-15,19,21-22H2,1H3. The molecule has 0 fully saturated rings. The summed E-state index contributed by atoms with van der Waals surface area (Å²) in [6.07, 6.45) is 17.6. The van der Waals surface area contributed by atoms with Crippen LogP contribution in [-0.2, 0) is 17.9 Å². The Labute approximate surface area is 183 Å². The van der Waals surface area contributed by atoms with Gasteiger partial charge in [-0.15, -0.1) is 0 Å². The molecule has 2 N–H and O–H groups in total. The zero-order valence-corrected chi connectivity index (χ0v) is 19.1. The Morgan fingerprint density at radius 3 is 1.70 bits per heavy atom. The molecule has 30 heavy (non-hydrogen) atoms. The van der Waals surface area contributed by atoms with Gasteiger partial charge in [-0.1, -0.05) is 115 Å². The van der Waals surface area contributed by atoms with Crippen LogP contribution in [-0.4, -0.2) is 26.8 Å². The number of rotatable bonds is 16. The van der Waals surface area contributed by atoms with E-state index in [1.165, 1.54) is 70.6 Å². The van der Waals surface area contributed by atoms with Gasteiger partial charge in [0.15, 0.2) is 0 Å². The minimum absolute atomic E-state index is 0.119. The minimum atomic E-state index is -2.24. The average molecular weight is 418 g/mol. The second-order valence-electron chi connectivity index (χ2n) is 9.14. The van der Waals surface area contributed by atoms with E-state index in [4.69, 9.17) is 0 Å². The van der Waals surface area contributed by atoms with Crippen molar-refractivity contribution in [1.82, 2.24) is 4.90 Å². The van der Waals surface area contributed by atoms with Crippen LogP contribution in [0.15, 0.2) is 24.3 Å². The van der Waals surface area contributed by atoms with Crippen LogP contribution < -0.4 is 0 Å². The van der Waals surface area contributed by atoms with Gasteiger partial charge in [0, 0.05) is 19.5 Å². The van der Waals surface area contributed by atoms with E-state index in [2.05, 4.69) is 13.0 Å². The highest BCUT2D eigenvalue weighted by Gasteiger charge is 2.37. The van der Waals surface area contributed by atoms with Crippen molar-refractivity contribution in [3.05, 3.63) is 35.4 Å². The van der Waals surface area contributed by atoms with Crippen LogP contribution in [0.4, 0.5) is 0 Å². The predicted octanol–water partition coefficient (Wildman–Crippen LogP) is 6.08. The summed E-state index contributed by atoms with van der Waals surface area (Å²) in [7, 11) is 0. The van der Waals surface area contributed by atoms with Crippen LogP contribution >= 0.6 is 0 Å². The number of carbonyl (C=O) groups excluding carboxylic acids is 1. The van der Waals surface area contributed by atoms with Crippen molar-refractivity contribution in [2.45, 2.75) is 122 Å². The summed E-state index contributed by atoms with van der Waals surface area (Å²) in [6, 6.07) is 7.97.